The second-order valence-corrected chi connectivity index (χ2v) is 7.06. The summed E-state index contributed by atoms with van der Waals surface area (Å²) in [5.41, 5.74) is 1.31. The molecule has 0 aromatic heterocycles. The van der Waals surface area contributed by atoms with Crippen LogP contribution in [0.25, 0.3) is 0 Å². The van der Waals surface area contributed by atoms with Crippen molar-refractivity contribution in [3.63, 3.8) is 0 Å². The first-order valence-corrected chi connectivity index (χ1v) is 9.90. The lowest BCUT2D eigenvalue weighted by molar-refractivity contribution is -0.149. The molecule has 1 N–H and O–H groups in total. The van der Waals surface area contributed by atoms with E-state index in [2.05, 4.69) is 41.2 Å². The van der Waals surface area contributed by atoms with E-state index in [0.29, 0.717) is 25.7 Å². The maximum Gasteiger partial charge on any atom is 0.309 e. The second-order valence-electron chi connectivity index (χ2n) is 7.06. The standard InChI is InChI=1S/C21H33N3O3.HI/c1-5-26-20(25)18-10-13-24(14-11-18)21(22-4)23-12-15-27-19-8-6-17(7-9-19)16(2)3;/h6-9,16,18H,5,10-15H2,1-4H3,(H,22,23);1H. The number of nitrogens with one attached hydrogen (secondary N) is 1. The summed E-state index contributed by atoms with van der Waals surface area (Å²) in [6, 6.07) is 8.26. The molecule has 0 unspecified atom stereocenters. The zero-order valence-electron chi connectivity index (χ0n) is 17.4. The van der Waals surface area contributed by atoms with Gasteiger partial charge in [0, 0.05) is 20.1 Å². The molecule has 7 heteroatoms. The third kappa shape index (κ3) is 7.48. The van der Waals surface area contributed by atoms with Gasteiger partial charge in [0.1, 0.15) is 12.4 Å². The Labute approximate surface area is 186 Å². The predicted octanol–water partition coefficient (Wildman–Crippen LogP) is 3.66. The minimum absolute atomic E-state index is 0. The number of ether oxygens (including phenoxy) is 2. The average Bonchev–Trinajstić information content (AvgIpc) is 2.69. The number of esters is 1. The molecule has 6 nitrogen and oxygen atoms in total. The number of carbonyl (C=O) groups excluding carboxylic acids is 1. The quantitative estimate of drug-likeness (QED) is 0.202. The third-order valence-electron chi connectivity index (χ3n) is 4.83. The lowest BCUT2D eigenvalue weighted by atomic mass is 9.97. The monoisotopic (exact) mass is 503 g/mol. The molecule has 0 saturated carbocycles. The summed E-state index contributed by atoms with van der Waals surface area (Å²) in [4.78, 5) is 18.4. The smallest absolute Gasteiger partial charge is 0.309 e. The van der Waals surface area contributed by atoms with Crippen LogP contribution in [0.5, 0.6) is 5.75 Å². The van der Waals surface area contributed by atoms with E-state index in [1.807, 2.05) is 19.1 Å². The topological polar surface area (TPSA) is 63.2 Å². The minimum Gasteiger partial charge on any atom is -0.492 e. The second kappa shape index (κ2) is 12.9. The fourth-order valence-electron chi connectivity index (χ4n) is 3.20. The lowest BCUT2D eigenvalue weighted by Gasteiger charge is -2.33. The van der Waals surface area contributed by atoms with Crippen LogP contribution in [-0.2, 0) is 9.53 Å². The highest BCUT2D eigenvalue weighted by atomic mass is 127. The number of halogens is 1. The minimum atomic E-state index is -0.0722. The molecule has 2 rings (SSSR count). The number of rotatable bonds is 7. The van der Waals surface area contributed by atoms with Crippen LogP contribution in [0.2, 0.25) is 0 Å². The molecule has 1 aromatic rings. The number of aliphatic imine (C=N–C) groups is 1. The van der Waals surface area contributed by atoms with E-state index in [4.69, 9.17) is 9.47 Å². The van der Waals surface area contributed by atoms with Crippen LogP contribution in [0, 0.1) is 5.92 Å². The van der Waals surface area contributed by atoms with E-state index >= 15 is 0 Å². The fourth-order valence-corrected chi connectivity index (χ4v) is 3.20. The zero-order chi connectivity index (χ0) is 19.6. The Morgan fingerprint density at radius 3 is 2.43 bits per heavy atom. The van der Waals surface area contributed by atoms with Crippen LogP contribution < -0.4 is 10.1 Å². The summed E-state index contributed by atoms with van der Waals surface area (Å²) in [5.74, 6) is 2.20. The van der Waals surface area contributed by atoms with Crippen molar-refractivity contribution in [2.75, 3.05) is 39.9 Å². The van der Waals surface area contributed by atoms with Crippen LogP contribution in [0.4, 0.5) is 0 Å². The summed E-state index contributed by atoms with van der Waals surface area (Å²) in [6.45, 7) is 9.51. The van der Waals surface area contributed by atoms with Crippen molar-refractivity contribution in [2.45, 2.75) is 39.5 Å². The lowest BCUT2D eigenvalue weighted by Crippen LogP contribution is -2.47. The van der Waals surface area contributed by atoms with Crippen molar-refractivity contribution in [3.05, 3.63) is 29.8 Å². The van der Waals surface area contributed by atoms with Crippen molar-refractivity contribution in [1.82, 2.24) is 10.2 Å². The number of likely N-dealkylation sites (tertiary alicyclic amines) is 1. The van der Waals surface area contributed by atoms with Crippen molar-refractivity contribution in [1.29, 1.82) is 0 Å². The van der Waals surface area contributed by atoms with Gasteiger partial charge in [-0.15, -0.1) is 24.0 Å². The number of hydrogen-bond acceptors (Lipinski definition) is 4. The van der Waals surface area contributed by atoms with Crippen LogP contribution in [0.3, 0.4) is 0 Å². The molecule has 0 bridgehead atoms. The van der Waals surface area contributed by atoms with Gasteiger partial charge in [0.25, 0.3) is 0 Å². The van der Waals surface area contributed by atoms with Crippen molar-refractivity contribution in [3.8, 4) is 5.75 Å². The van der Waals surface area contributed by atoms with Crippen molar-refractivity contribution in [2.24, 2.45) is 10.9 Å². The van der Waals surface area contributed by atoms with Gasteiger partial charge < -0.3 is 19.7 Å². The summed E-state index contributed by atoms with van der Waals surface area (Å²) >= 11 is 0. The number of nitrogens with zero attached hydrogens (tertiary/aromatic N) is 2. The summed E-state index contributed by atoms with van der Waals surface area (Å²) < 4.78 is 10.9. The molecular weight excluding hydrogens is 469 g/mol. The highest BCUT2D eigenvalue weighted by molar-refractivity contribution is 14.0. The van der Waals surface area contributed by atoms with Crippen molar-refractivity contribution >= 4 is 35.9 Å². The number of benzene rings is 1. The van der Waals surface area contributed by atoms with Gasteiger partial charge in [-0.3, -0.25) is 9.79 Å². The molecule has 0 spiro atoms. The summed E-state index contributed by atoms with van der Waals surface area (Å²) in [6.07, 6.45) is 1.61. The van der Waals surface area contributed by atoms with Gasteiger partial charge in [0.2, 0.25) is 0 Å². The van der Waals surface area contributed by atoms with E-state index < -0.39 is 0 Å². The molecule has 0 aliphatic carbocycles. The molecular formula is C21H34IN3O3. The van der Waals surface area contributed by atoms with E-state index in [1.165, 1.54) is 5.56 Å². The zero-order valence-corrected chi connectivity index (χ0v) is 19.8. The van der Waals surface area contributed by atoms with E-state index in [1.54, 1.807) is 7.05 Å². The predicted molar refractivity (Wildman–Crippen MR) is 124 cm³/mol. The Bertz CT molecular complexity index is 612. The molecule has 0 amide bonds. The molecule has 1 aromatic carbocycles. The van der Waals surface area contributed by atoms with E-state index in [9.17, 15) is 4.79 Å². The number of hydrogen-bond donors (Lipinski definition) is 1. The Morgan fingerprint density at radius 1 is 1.25 bits per heavy atom. The van der Waals surface area contributed by atoms with Crippen LogP contribution >= 0.6 is 24.0 Å². The maximum absolute atomic E-state index is 11.8. The molecule has 158 valence electrons. The maximum atomic E-state index is 11.8. The molecule has 0 atom stereocenters. The van der Waals surface area contributed by atoms with Gasteiger partial charge in [-0.2, -0.15) is 0 Å². The molecule has 0 radical (unpaired) electrons. The normalized spacial score (nSPS) is 15.2. The molecule has 1 aliphatic rings. The van der Waals surface area contributed by atoms with Gasteiger partial charge in [0.05, 0.1) is 19.1 Å². The average molecular weight is 503 g/mol. The molecule has 1 heterocycles. The molecule has 1 saturated heterocycles. The Morgan fingerprint density at radius 2 is 1.89 bits per heavy atom. The van der Waals surface area contributed by atoms with Gasteiger partial charge in [-0.1, -0.05) is 26.0 Å². The largest absolute Gasteiger partial charge is 0.492 e. The first-order chi connectivity index (χ1) is 13.0. The highest BCUT2D eigenvalue weighted by Gasteiger charge is 2.27. The molecule has 1 aliphatic heterocycles. The van der Waals surface area contributed by atoms with Crippen LogP contribution in [-0.4, -0.2) is 56.7 Å². The Kier molecular flexibility index (Phi) is 11.3. The van der Waals surface area contributed by atoms with Gasteiger partial charge in [0.15, 0.2) is 5.96 Å². The first-order valence-electron chi connectivity index (χ1n) is 9.90. The van der Waals surface area contributed by atoms with Crippen LogP contribution in [0.1, 0.15) is 45.1 Å². The SMILES string of the molecule is CCOC(=O)C1CCN(C(=NC)NCCOc2ccc(C(C)C)cc2)CC1.I. The van der Waals surface area contributed by atoms with E-state index in [0.717, 1.165) is 37.6 Å². The summed E-state index contributed by atoms with van der Waals surface area (Å²) in [5, 5.41) is 3.34. The van der Waals surface area contributed by atoms with Gasteiger partial charge >= 0.3 is 5.97 Å². The molecule has 1 fully saturated rings. The number of piperidine rings is 1. The molecule has 28 heavy (non-hydrogen) atoms. The van der Waals surface area contributed by atoms with E-state index in [-0.39, 0.29) is 35.9 Å². The summed E-state index contributed by atoms with van der Waals surface area (Å²) in [7, 11) is 1.78. The Hall–Kier alpha value is -1.51. The Balaban J connectivity index is 0.00000392. The first kappa shape index (κ1) is 24.5. The number of guanidine groups is 1. The fraction of sp³-hybridized carbons (Fsp3) is 0.619. The van der Waals surface area contributed by atoms with Gasteiger partial charge in [-0.25, -0.2) is 0 Å². The third-order valence-corrected chi connectivity index (χ3v) is 4.83. The van der Waals surface area contributed by atoms with Crippen LogP contribution in [0.15, 0.2) is 29.3 Å². The van der Waals surface area contributed by atoms with Crippen molar-refractivity contribution < 1.29 is 14.3 Å². The number of carbonyl (C=O) groups is 1. The highest BCUT2D eigenvalue weighted by Crippen LogP contribution is 2.19. The van der Waals surface area contributed by atoms with Gasteiger partial charge in [-0.05, 0) is 43.4 Å².